The van der Waals surface area contributed by atoms with Gasteiger partial charge in [0.15, 0.2) is 11.9 Å². The van der Waals surface area contributed by atoms with Gasteiger partial charge in [-0.05, 0) is 25.1 Å². The Balaban J connectivity index is 1.69. The average molecular weight is 323 g/mol. The minimum Gasteiger partial charge on any atom is -0.481 e. The summed E-state index contributed by atoms with van der Waals surface area (Å²) >= 11 is 0. The van der Waals surface area contributed by atoms with Crippen LogP contribution in [0, 0.1) is 0 Å². The molecule has 0 aliphatic heterocycles. The van der Waals surface area contributed by atoms with E-state index in [0.29, 0.717) is 17.3 Å². The van der Waals surface area contributed by atoms with E-state index in [1.54, 1.807) is 48.4 Å². The van der Waals surface area contributed by atoms with Crippen molar-refractivity contribution in [3.8, 4) is 17.1 Å². The van der Waals surface area contributed by atoms with Crippen LogP contribution in [-0.2, 0) is 11.8 Å². The molecule has 0 bridgehead atoms. The van der Waals surface area contributed by atoms with Gasteiger partial charge in [0, 0.05) is 18.8 Å². The van der Waals surface area contributed by atoms with Crippen molar-refractivity contribution in [1.82, 2.24) is 19.7 Å². The van der Waals surface area contributed by atoms with E-state index < -0.39 is 6.10 Å². The van der Waals surface area contributed by atoms with Crippen LogP contribution in [-0.4, -0.2) is 31.8 Å². The predicted molar refractivity (Wildman–Crippen MR) is 89.4 cm³/mol. The third-order valence-electron chi connectivity index (χ3n) is 3.40. The minimum absolute atomic E-state index is 0.254. The molecule has 1 amide bonds. The quantitative estimate of drug-likeness (QED) is 0.779. The fourth-order valence-corrected chi connectivity index (χ4v) is 2.18. The number of aromatic nitrogens is 4. The molecule has 0 saturated heterocycles. The zero-order valence-electron chi connectivity index (χ0n) is 13.4. The normalized spacial score (nSPS) is 11.8. The Morgan fingerprint density at radius 2 is 2.04 bits per heavy atom. The van der Waals surface area contributed by atoms with Gasteiger partial charge in [-0.3, -0.25) is 9.78 Å². The standard InChI is InChI=1S/C17H17N5O2/c1-12(24-15-6-4-3-5-7-15)17(23)20-14-8-13(9-18-10-14)16-21-19-11-22(16)2/h3-12H,1-2H3,(H,20,23)/t12-/m0/s1. The number of benzene rings is 1. The topological polar surface area (TPSA) is 81.9 Å². The molecular formula is C17H17N5O2. The Morgan fingerprint density at radius 1 is 1.25 bits per heavy atom. The summed E-state index contributed by atoms with van der Waals surface area (Å²) in [5.41, 5.74) is 1.34. The molecule has 2 aromatic heterocycles. The molecule has 0 aliphatic carbocycles. The number of pyridine rings is 1. The average Bonchev–Trinajstić information content (AvgIpc) is 3.02. The third-order valence-corrected chi connectivity index (χ3v) is 3.40. The lowest BCUT2D eigenvalue weighted by Crippen LogP contribution is -2.30. The highest BCUT2D eigenvalue weighted by molar-refractivity contribution is 5.94. The maximum atomic E-state index is 12.3. The summed E-state index contributed by atoms with van der Waals surface area (Å²) in [4.78, 5) is 16.4. The van der Waals surface area contributed by atoms with Crippen LogP contribution in [0.1, 0.15) is 6.92 Å². The van der Waals surface area contributed by atoms with Crippen LogP contribution in [0.2, 0.25) is 0 Å². The van der Waals surface area contributed by atoms with Crippen molar-refractivity contribution in [1.29, 1.82) is 0 Å². The van der Waals surface area contributed by atoms with E-state index in [-0.39, 0.29) is 5.91 Å². The van der Waals surface area contributed by atoms with Crippen LogP contribution < -0.4 is 10.1 Å². The molecule has 0 radical (unpaired) electrons. The first-order valence-electron chi connectivity index (χ1n) is 7.45. The minimum atomic E-state index is -0.633. The van der Waals surface area contributed by atoms with Gasteiger partial charge in [-0.1, -0.05) is 18.2 Å². The summed E-state index contributed by atoms with van der Waals surface area (Å²) < 4.78 is 7.39. The molecule has 0 fully saturated rings. The number of aryl methyl sites for hydroxylation is 1. The number of amides is 1. The van der Waals surface area contributed by atoms with Crippen molar-refractivity contribution in [2.75, 3.05) is 5.32 Å². The molecule has 24 heavy (non-hydrogen) atoms. The van der Waals surface area contributed by atoms with E-state index in [1.807, 2.05) is 25.2 Å². The van der Waals surface area contributed by atoms with Crippen molar-refractivity contribution in [2.45, 2.75) is 13.0 Å². The Hall–Kier alpha value is -3.22. The number of nitrogens with zero attached hydrogens (tertiary/aromatic N) is 4. The van der Waals surface area contributed by atoms with Gasteiger partial charge >= 0.3 is 0 Å². The number of hydrogen-bond acceptors (Lipinski definition) is 5. The Labute approximate surface area is 139 Å². The molecular weight excluding hydrogens is 306 g/mol. The summed E-state index contributed by atoms with van der Waals surface area (Å²) in [6.45, 7) is 1.70. The molecule has 3 aromatic rings. The molecule has 1 aromatic carbocycles. The molecule has 0 aliphatic rings. The second-order valence-corrected chi connectivity index (χ2v) is 5.29. The van der Waals surface area contributed by atoms with Gasteiger partial charge in [0.1, 0.15) is 12.1 Å². The molecule has 0 spiro atoms. The third kappa shape index (κ3) is 3.57. The Morgan fingerprint density at radius 3 is 2.75 bits per heavy atom. The maximum absolute atomic E-state index is 12.3. The van der Waals surface area contributed by atoms with Gasteiger partial charge in [-0.2, -0.15) is 0 Å². The van der Waals surface area contributed by atoms with Gasteiger partial charge in [0.25, 0.3) is 5.91 Å². The number of carbonyl (C=O) groups is 1. The fourth-order valence-electron chi connectivity index (χ4n) is 2.18. The van der Waals surface area contributed by atoms with Crippen LogP contribution in [0.25, 0.3) is 11.4 Å². The van der Waals surface area contributed by atoms with Crippen molar-refractivity contribution < 1.29 is 9.53 Å². The molecule has 0 unspecified atom stereocenters. The highest BCUT2D eigenvalue weighted by Gasteiger charge is 2.15. The molecule has 122 valence electrons. The number of ether oxygens (including phenoxy) is 1. The Kier molecular flexibility index (Phi) is 4.51. The second-order valence-electron chi connectivity index (χ2n) is 5.29. The molecule has 1 N–H and O–H groups in total. The molecule has 7 heteroatoms. The number of rotatable bonds is 5. The zero-order valence-corrected chi connectivity index (χ0v) is 13.4. The smallest absolute Gasteiger partial charge is 0.265 e. The predicted octanol–water partition coefficient (Wildman–Crippen LogP) is 2.28. The summed E-state index contributed by atoms with van der Waals surface area (Å²) in [5, 5.41) is 10.7. The van der Waals surface area contributed by atoms with Gasteiger partial charge in [0.2, 0.25) is 0 Å². The van der Waals surface area contributed by atoms with Crippen LogP contribution in [0.4, 0.5) is 5.69 Å². The number of hydrogen-bond donors (Lipinski definition) is 1. The van der Waals surface area contributed by atoms with Crippen LogP contribution in [0.3, 0.4) is 0 Å². The largest absolute Gasteiger partial charge is 0.481 e. The van der Waals surface area contributed by atoms with Crippen LogP contribution >= 0.6 is 0 Å². The summed E-state index contributed by atoms with van der Waals surface area (Å²) in [5.74, 6) is 1.06. The number of nitrogens with one attached hydrogen (secondary N) is 1. The summed E-state index contributed by atoms with van der Waals surface area (Å²) in [6.07, 6.45) is 4.22. The van der Waals surface area contributed by atoms with E-state index in [9.17, 15) is 4.79 Å². The van der Waals surface area contributed by atoms with Crippen molar-refractivity contribution in [2.24, 2.45) is 7.05 Å². The molecule has 3 rings (SSSR count). The highest BCUT2D eigenvalue weighted by atomic mass is 16.5. The molecule has 2 heterocycles. The number of anilines is 1. The second kappa shape index (κ2) is 6.91. The van der Waals surface area contributed by atoms with Crippen molar-refractivity contribution in [3.05, 3.63) is 55.1 Å². The Bertz CT molecular complexity index is 832. The number of carbonyl (C=O) groups excluding carboxylic acids is 1. The van der Waals surface area contributed by atoms with Gasteiger partial charge in [-0.25, -0.2) is 0 Å². The first-order chi connectivity index (χ1) is 11.6. The number of para-hydroxylation sites is 1. The SMILES string of the molecule is C[C@H](Oc1ccccc1)C(=O)Nc1cncc(-c2nncn2C)c1. The molecule has 7 nitrogen and oxygen atoms in total. The fraction of sp³-hybridized carbons (Fsp3) is 0.176. The van der Waals surface area contributed by atoms with Gasteiger partial charge in [0.05, 0.1) is 11.9 Å². The molecule has 1 atom stereocenters. The van der Waals surface area contributed by atoms with Crippen molar-refractivity contribution >= 4 is 11.6 Å². The van der Waals surface area contributed by atoms with Gasteiger partial charge < -0.3 is 14.6 Å². The first-order valence-corrected chi connectivity index (χ1v) is 7.45. The lowest BCUT2D eigenvalue weighted by atomic mass is 10.2. The van der Waals surface area contributed by atoms with Gasteiger partial charge in [-0.15, -0.1) is 10.2 Å². The summed E-state index contributed by atoms with van der Waals surface area (Å²) in [7, 11) is 1.84. The lowest BCUT2D eigenvalue weighted by Gasteiger charge is -2.14. The summed E-state index contributed by atoms with van der Waals surface area (Å²) in [6, 6.07) is 11.0. The van der Waals surface area contributed by atoms with E-state index in [4.69, 9.17) is 4.74 Å². The van der Waals surface area contributed by atoms with E-state index in [0.717, 1.165) is 5.56 Å². The van der Waals surface area contributed by atoms with Crippen molar-refractivity contribution in [3.63, 3.8) is 0 Å². The van der Waals surface area contributed by atoms with E-state index in [2.05, 4.69) is 20.5 Å². The maximum Gasteiger partial charge on any atom is 0.265 e. The van der Waals surface area contributed by atoms with Crippen LogP contribution in [0.15, 0.2) is 55.1 Å². The van der Waals surface area contributed by atoms with Crippen LogP contribution in [0.5, 0.6) is 5.75 Å². The first kappa shape index (κ1) is 15.7. The highest BCUT2D eigenvalue weighted by Crippen LogP contribution is 2.19. The van der Waals surface area contributed by atoms with E-state index >= 15 is 0 Å². The van der Waals surface area contributed by atoms with E-state index in [1.165, 1.54) is 0 Å². The molecule has 0 saturated carbocycles. The zero-order chi connectivity index (χ0) is 16.9. The monoisotopic (exact) mass is 323 g/mol. The lowest BCUT2D eigenvalue weighted by molar-refractivity contribution is -0.122.